The van der Waals surface area contributed by atoms with E-state index in [0.29, 0.717) is 17.3 Å². The van der Waals surface area contributed by atoms with Crippen LogP contribution in [0.15, 0.2) is 66.7 Å². The quantitative estimate of drug-likeness (QED) is 0.659. The van der Waals surface area contributed by atoms with Gasteiger partial charge in [0.25, 0.3) is 0 Å². The van der Waals surface area contributed by atoms with Crippen LogP contribution in [0, 0.1) is 5.92 Å². The average Bonchev–Trinajstić information content (AvgIpc) is 3.15. The molecule has 1 atom stereocenters. The van der Waals surface area contributed by atoms with Crippen LogP contribution in [0.5, 0.6) is 0 Å². The summed E-state index contributed by atoms with van der Waals surface area (Å²) in [5.74, 6) is -1.17. The predicted octanol–water partition coefficient (Wildman–Crippen LogP) is 3.94. The van der Waals surface area contributed by atoms with Crippen molar-refractivity contribution in [2.75, 3.05) is 30.4 Å². The molecule has 1 aliphatic rings. The fraction of sp³-hybridized carbons (Fsp3) is 0.208. The van der Waals surface area contributed by atoms with Gasteiger partial charge in [-0.3, -0.25) is 14.4 Å². The van der Waals surface area contributed by atoms with E-state index in [4.69, 9.17) is 11.6 Å². The van der Waals surface area contributed by atoms with Crippen molar-refractivity contribution in [1.82, 2.24) is 4.90 Å². The van der Waals surface area contributed by atoms with E-state index in [1.807, 2.05) is 42.5 Å². The first-order chi connectivity index (χ1) is 14.9. The lowest BCUT2D eigenvalue weighted by molar-refractivity contribution is -0.137. The van der Waals surface area contributed by atoms with Crippen LogP contribution in [0.4, 0.5) is 11.4 Å². The lowest BCUT2D eigenvalue weighted by Crippen LogP contribution is -2.39. The Morgan fingerprint density at radius 1 is 1.06 bits per heavy atom. The normalized spacial score (nSPS) is 15.9. The molecule has 31 heavy (non-hydrogen) atoms. The predicted molar refractivity (Wildman–Crippen MR) is 122 cm³/mol. The zero-order valence-corrected chi connectivity index (χ0v) is 17.8. The molecule has 3 aromatic rings. The van der Waals surface area contributed by atoms with E-state index >= 15 is 0 Å². The third kappa shape index (κ3) is 4.39. The minimum absolute atomic E-state index is 0.0939. The van der Waals surface area contributed by atoms with E-state index in [1.54, 1.807) is 36.2 Å². The van der Waals surface area contributed by atoms with Crippen molar-refractivity contribution in [2.24, 2.45) is 5.92 Å². The van der Waals surface area contributed by atoms with Gasteiger partial charge in [-0.05, 0) is 23.6 Å². The highest BCUT2D eigenvalue weighted by Crippen LogP contribution is 2.32. The second kappa shape index (κ2) is 8.78. The monoisotopic (exact) mass is 435 g/mol. The molecule has 0 unspecified atom stereocenters. The van der Waals surface area contributed by atoms with Crippen molar-refractivity contribution in [3.63, 3.8) is 0 Å². The molecule has 158 valence electrons. The third-order valence-electron chi connectivity index (χ3n) is 5.44. The standard InChI is InChI=1S/C24H22ClN3O3/c1-27(15-22(29)26-20-11-5-4-10-19(20)25)24(31)17-13-23(30)28(14-17)21-12-6-8-16-7-2-3-9-18(16)21/h2-12,17H,13-15H2,1H3,(H,26,29)/t17-/m1/s1. The molecule has 0 aromatic heterocycles. The Morgan fingerprint density at radius 3 is 2.58 bits per heavy atom. The van der Waals surface area contributed by atoms with Crippen LogP contribution in [0.3, 0.4) is 0 Å². The van der Waals surface area contributed by atoms with Gasteiger partial charge in [0.05, 0.1) is 28.9 Å². The maximum absolute atomic E-state index is 12.9. The first-order valence-corrected chi connectivity index (χ1v) is 10.4. The van der Waals surface area contributed by atoms with Crippen molar-refractivity contribution in [2.45, 2.75) is 6.42 Å². The summed E-state index contributed by atoms with van der Waals surface area (Å²) in [6.45, 7) is 0.172. The molecule has 1 saturated heterocycles. The smallest absolute Gasteiger partial charge is 0.244 e. The molecule has 0 spiro atoms. The summed E-state index contributed by atoms with van der Waals surface area (Å²) in [6.07, 6.45) is 0.124. The Labute approximate surface area is 185 Å². The van der Waals surface area contributed by atoms with Gasteiger partial charge in [0.1, 0.15) is 0 Å². The van der Waals surface area contributed by atoms with Gasteiger partial charge in [-0.25, -0.2) is 0 Å². The molecule has 3 amide bonds. The number of para-hydroxylation sites is 1. The van der Waals surface area contributed by atoms with Crippen molar-refractivity contribution >= 4 is 51.5 Å². The average molecular weight is 436 g/mol. The number of benzene rings is 3. The van der Waals surface area contributed by atoms with Gasteiger partial charge in [0.15, 0.2) is 0 Å². The number of nitrogens with zero attached hydrogens (tertiary/aromatic N) is 2. The van der Waals surface area contributed by atoms with Crippen LogP contribution in [0.2, 0.25) is 5.02 Å². The molecule has 6 nitrogen and oxygen atoms in total. The summed E-state index contributed by atoms with van der Waals surface area (Å²) in [5.41, 5.74) is 1.30. The summed E-state index contributed by atoms with van der Waals surface area (Å²) in [7, 11) is 1.57. The highest BCUT2D eigenvalue weighted by Gasteiger charge is 2.37. The minimum Gasteiger partial charge on any atom is -0.336 e. The molecule has 1 N–H and O–H groups in total. The summed E-state index contributed by atoms with van der Waals surface area (Å²) >= 11 is 6.06. The number of rotatable bonds is 5. The van der Waals surface area contributed by atoms with Crippen LogP contribution in [0.1, 0.15) is 6.42 Å². The minimum atomic E-state index is -0.496. The third-order valence-corrected chi connectivity index (χ3v) is 5.77. The highest BCUT2D eigenvalue weighted by atomic mass is 35.5. The number of fused-ring (bicyclic) bond motifs is 1. The number of carbonyl (C=O) groups excluding carboxylic acids is 3. The molecule has 0 saturated carbocycles. The van der Waals surface area contributed by atoms with Crippen LogP contribution in [-0.4, -0.2) is 42.8 Å². The number of amides is 3. The van der Waals surface area contributed by atoms with Crippen molar-refractivity contribution in [3.05, 3.63) is 71.8 Å². The lowest BCUT2D eigenvalue weighted by atomic mass is 10.1. The van der Waals surface area contributed by atoms with Crippen LogP contribution >= 0.6 is 11.6 Å². The molecule has 0 radical (unpaired) electrons. The summed E-state index contributed by atoms with van der Waals surface area (Å²) < 4.78 is 0. The van der Waals surface area contributed by atoms with Gasteiger partial charge in [-0.2, -0.15) is 0 Å². The van der Waals surface area contributed by atoms with E-state index in [0.717, 1.165) is 16.5 Å². The first kappa shape index (κ1) is 20.9. The van der Waals surface area contributed by atoms with Crippen LogP contribution in [-0.2, 0) is 14.4 Å². The van der Waals surface area contributed by atoms with E-state index in [1.165, 1.54) is 4.90 Å². The van der Waals surface area contributed by atoms with E-state index in [2.05, 4.69) is 5.32 Å². The molecule has 0 bridgehead atoms. The Kier molecular flexibility index (Phi) is 5.91. The number of anilines is 2. The number of likely N-dealkylation sites (N-methyl/N-ethyl adjacent to an activating group) is 1. The number of carbonyl (C=O) groups is 3. The van der Waals surface area contributed by atoms with E-state index in [-0.39, 0.29) is 30.7 Å². The molecule has 3 aromatic carbocycles. The van der Waals surface area contributed by atoms with E-state index in [9.17, 15) is 14.4 Å². The summed E-state index contributed by atoms with van der Waals surface area (Å²) in [4.78, 5) is 41.0. The summed E-state index contributed by atoms with van der Waals surface area (Å²) in [6, 6.07) is 20.6. The van der Waals surface area contributed by atoms with Gasteiger partial charge in [0.2, 0.25) is 17.7 Å². The Balaban J connectivity index is 1.43. The number of hydrogen-bond donors (Lipinski definition) is 1. The number of halogens is 1. The number of nitrogens with one attached hydrogen (secondary N) is 1. The molecule has 0 aliphatic carbocycles. The molecule has 1 heterocycles. The fourth-order valence-corrected chi connectivity index (χ4v) is 4.09. The van der Waals surface area contributed by atoms with Crippen molar-refractivity contribution < 1.29 is 14.4 Å². The van der Waals surface area contributed by atoms with Gasteiger partial charge in [-0.15, -0.1) is 0 Å². The van der Waals surface area contributed by atoms with Gasteiger partial charge in [-0.1, -0.05) is 60.1 Å². The zero-order valence-electron chi connectivity index (χ0n) is 17.0. The van der Waals surface area contributed by atoms with E-state index < -0.39 is 5.92 Å². The lowest BCUT2D eigenvalue weighted by Gasteiger charge is -2.22. The zero-order chi connectivity index (χ0) is 22.0. The Bertz CT molecular complexity index is 1160. The second-order valence-corrected chi connectivity index (χ2v) is 8.03. The van der Waals surface area contributed by atoms with Crippen LogP contribution in [0.25, 0.3) is 10.8 Å². The SMILES string of the molecule is CN(CC(=O)Nc1ccccc1Cl)C(=O)[C@@H]1CC(=O)N(c2cccc3ccccc23)C1. The van der Waals surface area contributed by atoms with Crippen LogP contribution < -0.4 is 10.2 Å². The first-order valence-electron chi connectivity index (χ1n) is 10.0. The maximum atomic E-state index is 12.9. The second-order valence-electron chi connectivity index (χ2n) is 7.63. The fourth-order valence-electron chi connectivity index (χ4n) is 3.91. The maximum Gasteiger partial charge on any atom is 0.244 e. The van der Waals surface area contributed by atoms with Crippen molar-refractivity contribution in [1.29, 1.82) is 0 Å². The van der Waals surface area contributed by atoms with Gasteiger partial charge in [0, 0.05) is 25.4 Å². The summed E-state index contributed by atoms with van der Waals surface area (Å²) in [5, 5.41) is 5.14. The van der Waals surface area contributed by atoms with Gasteiger partial charge < -0.3 is 15.1 Å². The molecule has 1 aliphatic heterocycles. The van der Waals surface area contributed by atoms with Gasteiger partial charge >= 0.3 is 0 Å². The number of hydrogen-bond acceptors (Lipinski definition) is 3. The van der Waals surface area contributed by atoms with Crippen molar-refractivity contribution in [3.8, 4) is 0 Å². The largest absolute Gasteiger partial charge is 0.336 e. The highest BCUT2D eigenvalue weighted by molar-refractivity contribution is 6.33. The molecule has 7 heteroatoms. The molecular weight excluding hydrogens is 414 g/mol. The molecule has 1 fully saturated rings. The molecule has 4 rings (SSSR count). The Hall–Kier alpha value is -3.38. The Morgan fingerprint density at radius 2 is 1.77 bits per heavy atom. The topological polar surface area (TPSA) is 69.7 Å². The molecular formula is C24H22ClN3O3.